The second-order valence-corrected chi connectivity index (χ2v) is 7.87. The molecule has 1 saturated carbocycles. The fourth-order valence-electron chi connectivity index (χ4n) is 3.91. The Bertz CT molecular complexity index is 666. The lowest BCUT2D eigenvalue weighted by Gasteiger charge is -2.36. The van der Waals surface area contributed by atoms with Crippen LogP contribution in [0.3, 0.4) is 0 Å². The van der Waals surface area contributed by atoms with Crippen LogP contribution in [0.5, 0.6) is 0 Å². The average molecular weight is 340 g/mol. The number of hydrogen-bond acceptors (Lipinski definition) is 2. The van der Waals surface area contributed by atoms with Crippen LogP contribution in [0.1, 0.15) is 54.6 Å². The first-order chi connectivity index (χ1) is 11.8. The Balaban J connectivity index is 1.50. The molecule has 2 fully saturated rings. The number of likely N-dealkylation sites (tertiary alicyclic amines) is 1. The number of nitrogens with one attached hydrogen (secondary N) is 1. The Morgan fingerprint density at radius 3 is 2.58 bits per heavy atom. The van der Waals surface area contributed by atoms with Gasteiger partial charge in [0.2, 0.25) is 0 Å². The first kappa shape index (κ1) is 15.7. The molecule has 2 unspecified atom stereocenters. The third-order valence-electron chi connectivity index (χ3n) is 5.44. The van der Waals surface area contributed by atoms with Crippen molar-refractivity contribution in [3.63, 3.8) is 0 Å². The van der Waals surface area contributed by atoms with Gasteiger partial charge in [-0.2, -0.15) is 0 Å². The molecule has 24 heavy (non-hydrogen) atoms. The topological polar surface area (TPSA) is 32.3 Å². The summed E-state index contributed by atoms with van der Waals surface area (Å²) in [4.78, 5) is 16.3. The fourth-order valence-corrected chi connectivity index (χ4v) is 4.78. The van der Waals surface area contributed by atoms with Gasteiger partial charge in [0.15, 0.2) is 0 Å². The Morgan fingerprint density at radius 1 is 1.08 bits per heavy atom. The maximum Gasteiger partial charge on any atom is 0.318 e. The molecule has 1 aromatic carbocycles. The maximum atomic E-state index is 13.0. The van der Waals surface area contributed by atoms with Gasteiger partial charge in [-0.25, -0.2) is 4.79 Å². The predicted octanol–water partition coefficient (Wildman–Crippen LogP) is 5.14. The number of carbonyl (C=O) groups is 1. The van der Waals surface area contributed by atoms with Crippen LogP contribution < -0.4 is 5.32 Å². The van der Waals surface area contributed by atoms with Gasteiger partial charge >= 0.3 is 6.03 Å². The third kappa shape index (κ3) is 3.07. The van der Waals surface area contributed by atoms with E-state index in [-0.39, 0.29) is 18.1 Å². The van der Waals surface area contributed by atoms with Crippen molar-refractivity contribution in [2.75, 3.05) is 6.54 Å². The van der Waals surface area contributed by atoms with Crippen LogP contribution in [0.2, 0.25) is 0 Å². The second-order valence-electron chi connectivity index (χ2n) is 6.90. The van der Waals surface area contributed by atoms with Gasteiger partial charge in [-0.1, -0.05) is 42.8 Å². The van der Waals surface area contributed by atoms with E-state index in [4.69, 9.17) is 0 Å². The van der Waals surface area contributed by atoms with Crippen molar-refractivity contribution in [1.29, 1.82) is 0 Å². The lowest BCUT2D eigenvalue weighted by molar-refractivity contribution is 0.172. The van der Waals surface area contributed by atoms with Crippen molar-refractivity contribution in [3.8, 4) is 0 Å². The molecule has 126 valence electrons. The van der Waals surface area contributed by atoms with Crippen molar-refractivity contribution in [2.45, 2.75) is 44.2 Å². The average Bonchev–Trinajstić information content (AvgIpc) is 3.24. The van der Waals surface area contributed by atoms with E-state index < -0.39 is 0 Å². The summed E-state index contributed by atoms with van der Waals surface area (Å²) in [7, 11) is 0. The summed E-state index contributed by atoms with van der Waals surface area (Å²) in [6, 6.07) is 15.2. The molecule has 2 atom stereocenters. The van der Waals surface area contributed by atoms with Crippen LogP contribution >= 0.6 is 11.3 Å². The molecule has 1 aliphatic heterocycles. The summed E-state index contributed by atoms with van der Waals surface area (Å²) in [5.74, 6) is 0.583. The second kappa shape index (κ2) is 6.98. The zero-order chi connectivity index (χ0) is 16.4. The third-order valence-corrected chi connectivity index (χ3v) is 6.42. The van der Waals surface area contributed by atoms with E-state index >= 15 is 0 Å². The monoisotopic (exact) mass is 340 g/mol. The summed E-state index contributed by atoms with van der Waals surface area (Å²) in [5, 5.41) is 5.46. The Morgan fingerprint density at radius 2 is 1.92 bits per heavy atom. The minimum absolute atomic E-state index is 0.103. The van der Waals surface area contributed by atoms with E-state index in [1.54, 1.807) is 11.3 Å². The molecule has 1 aromatic heterocycles. The van der Waals surface area contributed by atoms with Crippen LogP contribution in [0.15, 0.2) is 47.8 Å². The number of carbonyl (C=O) groups excluding carboxylic acids is 1. The van der Waals surface area contributed by atoms with Crippen molar-refractivity contribution in [2.24, 2.45) is 5.92 Å². The van der Waals surface area contributed by atoms with Crippen molar-refractivity contribution in [1.82, 2.24) is 10.2 Å². The van der Waals surface area contributed by atoms with Crippen LogP contribution in [0.4, 0.5) is 4.79 Å². The number of benzene rings is 1. The van der Waals surface area contributed by atoms with Crippen LogP contribution in [0, 0.1) is 5.92 Å². The molecule has 0 spiro atoms. The highest BCUT2D eigenvalue weighted by atomic mass is 32.1. The number of amides is 2. The van der Waals surface area contributed by atoms with Gasteiger partial charge in [0.1, 0.15) is 0 Å². The van der Waals surface area contributed by atoms with Gasteiger partial charge in [-0.3, -0.25) is 0 Å². The first-order valence-corrected chi connectivity index (χ1v) is 9.86. The Kier molecular flexibility index (Phi) is 4.56. The molecule has 2 heterocycles. The van der Waals surface area contributed by atoms with Gasteiger partial charge in [0.25, 0.3) is 0 Å². The molecule has 3 nitrogen and oxygen atoms in total. The minimum Gasteiger partial charge on any atom is -0.331 e. The van der Waals surface area contributed by atoms with Crippen molar-refractivity contribution < 1.29 is 4.79 Å². The van der Waals surface area contributed by atoms with Gasteiger partial charge in [0, 0.05) is 11.4 Å². The number of thiophene rings is 1. The van der Waals surface area contributed by atoms with Gasteiger partial charge in [0.05, 0.1) is 12.1 Å². The Labute approximate surface area is 147 Å². The summed E-state index contributed by atoms with van der Waals surface area (Å²) >= 11 is 1.76. The van der Waals surface area contributed by atoms with Crippen LogP contribution in [0.25, 0.3) is 0 Å². The number of hydrogen-bond donors (Lipinski definition) is 1. The number of rotatable bonds is 4. The van der Waals surface area contributed by atoms with E-state index in [0.29, 0.717) is 5.92 Å². The standard InChI is InChI=1S/C20H24N2OS/c23-20(22-13-5-11-17(22)18-12-6-14-24-18)21-19(16-9-4-10-16)15-7-2-1-3-8-15/h1-3,6-8,12,14,16-17,19H,4-5,9-11,13H2,(H,21,23). The van der Waals surface area contributed by atoms with E-state index in [1.165, 1.54) is 29.7 Å². The maximum absolute atomic E-state index is 13.0. The highest BCUT2D eigenvalue weighted by molar-refractivity contribution is 7.10. The zero-order valence-corrected chi connectivity index (χ0v) is 14.7. The smallest absolute Gasteiger partial charge is 0.318 e. The summed E-state index contributed by atoms with van der Waals surface area (Å²) < 4.78 is 0. The van der Waals surface area contributed by atoms with Crippen LogP contribution in [-0.2, 0) is 0 Å². The lowest BCUT2D eigenvalue weighted by atomic mass is 9.77. The van der Waals surface area contributed by atoms with E-state index in [2.05, 4.69) is 47.1 Å². The quantitative estimate of drug-likeness (QED) is 0.821. The highest BCUT2D eigenvalue weighted by Gasteiger charge is 2.35. The van der Waals surface area contributed by atoms with Gasteiger partial charge < -0.3 is 10.2 Å². The van der Waals surface area contributed by atoms with Gasteiger partial charge in [-0.05, 0) is 48.6 Å². The van der Waals surface area contributed by atoms with Crippen molar-refractivity contribution >= 4 is 17.4 Å². The lowest BCUT2D eigenvalue weighted by Crippen LogP contribution is -2.44. The predicted molar refractivity (Wildman–Crippen MR) is 98.1 cm³/mol. The molecule has 1 saturated heterocycles. The molecular weight excluding hydrogens is 316 g/mol. The minimum atomic E-state index is 0.103. The van der Waals surface area contributed by atoms with E-state index in [0.717, 1.165) is 19.4 Å². The summed E-state index contributed by atoms with van der Waals surface area (Å²) in [6.07, 6.45) is 5.89. The molecule has 4 heteroatoms. The van der Waals surface area contributed by atoms with Gasteiger partial charge in [-0.15, -0.1) is 11.3 Å². The first-order valence-electron chi connectivity index (χ1n) is 8.98. The highest BCUT2D eigenvalue weighted by Crippen LogP contribution is 2.39. The van der Waals surface area contributed by atoms with Crippen LogP contribution in [-0.4, -0.2) is 17.5 Å². The summed E-state index contributed by atoms with van der Waals surface area (Å²) in [6.45, 7) is 0.862. The molecular formula is C20H24N2OS. The Hall–Kier alpha value is -1.81. The molecule has 1 aliphatic carbocycles. The molecule has 0 radical (unpaired) electrons. The SMILES string of the molecule is O=C(NC(c1ccccc1)C1CCC1)N1CCCC1c1cccs1. The number of urea groups is 1. The summed E-state index contributed by atoms with van der Waals surface area (Å²) in [5.41, 5.74) is 1.24. The van der Waals surface area contributed by atoms with E-state index in [9.17, 15) is 4.79 Å². The number of nitrogens with zero attached hydrogens (tertiary/aromatic N) is 1. The fraction of sp³-hybridized carbons (Fsp3) is 0.450. The molecule has 2 amide bonds. The largest absolute Gasteiger partial charge is 0.331 e. The molecule has 4 rings (SSSR count). The molecule has 1 N–H and O–H groups in total. The molecule has 2 aromatic rings. The van der Waals surface area contributed by atoms with Crippen molar-refractivity contribution in [3.05, 3.63) is 58.3 Å². The normalized spacial score (nSPS) is 22.2. The van der Waals surface area contributed by atoms with E-state index in [1.807, 2.05) is 11.0 Å². The molecule has 0 bridgehead atoms. The molecule has 2 aliphatic rings. The zero-order valence-electron chi connectivity index (χ0n) is 13.9.